The zero-order valence-corrected chi connectivity index (χ0v) is 36.6. The molecule has 15 heteroatoms. The molecule has 0 saturated heterocycles. The Balaban J connectivity index is 0.834. The highest BCUT2D eigenvalue weighted by Gasteiger charge is 2.37. The fourth-order valence-electron chi connectivity index (χ4n) is 9.54. The number of amides is 2. The van der Waals surface area contributed by atoms with Crippen LogP contribution < -0.4 is 4.90 Å². The van der Waals surface area contributed by atoms with Crippen LogP contribution in [0.5, 0.6) is 0 Å². The highest BCUT2D eigenvalue weighted by atomic mass is 16.2. The van der Waals surface area contributed by atoms with Crippen LogP contribution in [0.1, 0.15) is 37.7 Å². The number of fused-ring (bicyclic) bond motifs is 7. The molecule has 0 atom stereocenters. The molecule has 69 heavy (non-hydrogen) atoms. The maximum Gasteiger partial charge on any atom is 0.266 e. The Bertz CT molecular complexity index is 4280. The number of nitrogens with one attached hydrogen (secondary N) is 6. The Morgan fingerprint density at radius 2 is 0.826 bits per heavy atom. The summed E-state index contributed by atoms with van der Waals surface area (Å²) in [5.41, 5.74) is 16.3. The summed E-state index contributed by atoms with van der Waals surface area (Å²) in [6.45, 7) is 3.99. The average molecular weight is 896 g/mol. The average Bonchev–Trinajstić information content (AvgIpc) is 4.24. The van der Waals surface area contributed by atoms with Gasteiger partial charge in [0.2, 0.25) is 0 Å². The fourth-order valence-corrected chi connectivity index (χ4v) is 9.54. The molecule has 0 spiro atoms. The first-order valence-electron chi connectivity index (χ1n) is 22.1. The molecule has 6 N–H and O–H groups in total. The number of H-pyrrole nitrogens is 6. The summed E-state index contributed by atoms with van der Waals surface area (Å²) in [5, 5.41) is 0. The van der Waals surface area contributed by atoms with Crippen LogP contribution in [-0.4, -0.2) is 71.6 Å². The van der Waals surface area contributed by atoms with Crippen molar-refractivity contribution in [2.45, 2.75) is 13.8 Å². The van der Waals surface area contributed by atoms with Gasteiger partial charge in [0.15, 0.2) is 0 Å². The fraction of sp³-hybridized carbons (Fsp3) is 0.0370. The number of aryl methyl sites for hydroxylation is 2. The molecule has 13 aromatic rings. The molecular formula is C54H33N13O2. The molecule has 7 heterocycles. The van der Waals surface area contributed by atoms with Gasteiger partial charge in [0.1, 0.15) is 34.9 Å². The Labute approximate surface area is 389 Å². The molecule has 0 unspecified atom stereocenters. The van der Waals surface area contributed by atoms with Crippen molar-refractivity contribution in [3.8, 4) is 69.3 Å². The third-order valence-corrected chi connectivity index (χ3v) is 12.8. The smallest absolute Gasteiger partial charge is 0.266 e. The van der Waals surface area contributed by atoms with Gasteiger partial charge in [-0.15, -0.1) is 6.42 Å². The van der Waals surface area contributed by atoms with Gasteiger partial charge in [0.25, 0.3) is 11.8 Å². The Morgan fingerprint density at radius 3 is 1.30 bits per heavy atom. The van der Waals surface area contributed by atoms with Gasteiger partial charge in [-0.1, -0.05) is 47.9 Å². The van der Waals surface area contributed by atoms with Crippen molar-refractivity contribution >= 4 is 83.7 Å². The number of carbonyl (C=O) groups is 2. The van der Waals surface area contributed by atoms with Crippen molar-refractivity contribution in [3.63, 3.8) is 0 Å². The number of terminal acetylenes is 1. The van der Waals surface area contributed by atoms with E-state index in [1.165, 1.54) is 4.90 Å². The van der Waals surface area contributed by atoms with E-state index in [-0.39, 0.29) is 11.1 Å². The van der Waals surface area contributed by atoms with Crippen molar-refractivity contribution in [2.75, 3.05) is 4.90 Å². The van der Waals surface area contributed by atoms with Crippen molar-refractivity contribution in [1.29, 1.82) is 0 Å². The summed E-state index contributed by atoms with van der Waals surface area (Å²) in [6, 6.07) is 38.5. The van der Waals surface area contributed by atoms with Crippen LogP contribution in [0.2, 0.25) is 0 Å². The van der Waals surface area contributed by atoms with Crippen LogP contribution in [0.3, 0.4) is 0 Å². The van der Waals surface area contributed by atoms with Crippen molar-refractivity contribution in [2.24, 2.45) is 0 Å². The standard InChI is InChI=1S/C54H33N13O2/c1-4-27-11-12-34-35(14-27)54(69)67(53(34)68)33-17-31(51-63-44-21-40-41(22-45(44)64-51)58-48(57-40)28-8-5-7-25(2)13-28)16-32(18-33)52-65-46-23-42-43(24-47(46)66-52)62-50(61-42)30-10-6-9-29(15-30)49-59-38-19-36-37(20-39(38)60-49)56-26(3)55-36/h1,5-24H,2-3H3,(H,55,56)(H,57,58)(H,59,60)(H,61,62)(H,63,64)(H,65,66). The number of imidazole rings is 6. The highest BCUT2D eigenvalue weighted by molar-refractivity contribution is 6.34. The molecule has 15 nitrogen and oxygen atoms in total. The second-order valence-electron chi connectivity index (χ2n) is 17.5. The minimum Gasteiger partial charge on any atom is -0.342 e. The summed E-state index contributed by atoms with van der Waals surface area (Å²) < 4.78 is 0. The van der Waals surface area contributed by atoms with Crippen molar-refractivity contribution in [3.05, 3.63) is 149 Å². The SMILES string of the molecule is C#Cc1ccc2c(c1)C(=O)N(c1cc(-c3nc4cc5[nH]c(-c6cccc(C)c6)nc5cc4[nH]3)cc(-c3nc4cc5[nH]c(-c6cccc(-c7nc8cc9[nH]c(C)nc9cc8[nH]7)c6)nc5cc4[nH]3)c1)C2=O. The van der Waals surface area contributed by atoms with E-state index >= 15 is 0 Å². The minimum absolute atomic E-state index is 0.247. The third-order valence-electron chi connectivity index (χ3n) is 12.8. The Kier molecular flexibility index (Phi) is 7.80. The van der Waals surface area contributed by atoms with Gasteiger partial charge in [-0.2, -0.15) is 0 Å². The van der Waals surface area contributed by atoms with E-state index in [1.54, 1.807) is 30.3 Å². The summed E-state index contributed by atoms with van der Waals surface area (Å²) in [4.78, 5) is 79.4. The number of hydrogen-bond acceptors (Lipinski definition) is 8. The van der Waals surface area contributed by atoms with E-state index in [4.69, 9.17) is 31.3 Å². The zero-order chi connectivity index (χ0) is 46.2. The van der Waals surface area contributed by atoms with Crippen LogP contribution in [0, 0.1) is 26.2 Å². The van der Waals surface area contributed by atoms with Gasteiger partial charge in [-0.25, -0.2) is 34.8 Å². The van der Waals surface area contributed by atoms with E-state index < -0.39 is 11.8 Å². The monoisotopic (exact) mass is 895 g/mol. The quantitative estimate of drug-likeness (QED) is 0.0697. The molecule has 6 aromatic heterocycles. The number of aromatic nitrogens is 12. The molecular weight excluding hydrogens is 863 g/mol. The lowest BCUT2D eigenvalue weighted by Crippen LogP contribution is -2.29. The predicted octanol–water partition coefficient (Wildman–Crippen LogP) is 10.7. The van der Waals surface area contributed by atoms with Gasteiger partial charge in [0.05, 0.1) is 83.0 Å². The molecule has 326 valence electrons. The van der Waals surface area contributed by atoms with Crippen LogP contribution in [0.25, 0.3) is 123 Å². The van der Waals surface area contributed by atoms with E-state index in [2.05, 4.69) is 65.9 Å². The minimum atomic E-state index is -0.473. The third kappa shape index (κ3) is 6.09. The predicted molar refractivity (Wildman–Crippen MR) is 267 cm³/mol. The van der Waals surface area contributed by atoms with E-state index in [9.17, 15) is 9.59 Å². The van der Waals surface area contributed by atoms with Crippen LogP contribution in [-0.2, 0) is 0 Å². The van der Waals surface area contributed by atoms with Gasteiger partial charge >= 0.3 is 0 Å². The normalized spacial score (nSPS) is 12.8. The molecule has 0 fully saturated rings. The molecule has 1 aliphatic rings. The van der Waals surface area contributed by atoms with Gasteiger partial charge in [-0.05, 0) is 98.8 Å². The van der Waals surface area contributed by atoms with E-state index in [0.29, 0.717) is 50.9 Å². The molecule has 0 radical (unpaired) electrons. The number of benzene rings is 7. The summed E-state index contributed by atoms with van der Waals surface area (Å²) in [6.07, 6.45) is 5.68. The maximum atomic E-state index is 14.1. The highest BCUT2D eigenvalue weighted by Crippen LogP contribution is 2.37. The topological polar surface area (TPSA) is 209 Å². The Hall–Kier alpha value is -9.94. The first-order valence-corrected chi connectivity index (χ1v) is 22.1. The molecule has 7 aromatic carbocycles. The van der Waals surface area contributed by atoms with Crippen LogP contribution >= 0.6 is 0 Å². The number of aromatic amines is 6. The first kappa shape index (κ1) is 38.3. The summed E-state index contributed by atoms with van der Waals surface area (Å²) in [5.74, 6) is 5.76. The summed E-state index contributed by atoms with van der Waals surface area (Å²) >= 11 is 0. The second-order valence-corrected chi connectivity index (χ2v) is 17.5. The zero-order valence-electron chi connectivity index (χ0n) is 36.6. The lowest BCUT2D eigenvalue weighted by molar-refractivity contribution is 0.0926. The number of rotatable bonds is 6. The Morgan fingerprint density at radius 1 is 0.420 bits per heavy atom. The number of imide groups is 1. The molecule has 0 bridgehead atoms. The number of anilines is 1. The lowest BCUT2D eigenvalue weighted by atomic mass is 10.1. The van der Waals surface area contributed by atoms with Crippen LogP contribution in [0.15, 0.2) is 121 Å². The molecule has 2 amide bonds. The van der Waals surface area contributed by atoms with Gasteiger partial charge in [0, 0.05) is 33.4 Å². The first-order chi connectivity index (χ1) is 33.6. The maximum absolute atomic E-state index is 14.1. The van der Waals surface area contributed by atoms with Crippen molar-refractivity contribution in [1.82, 2.24) is 59.8 Å². The molecule has 1 aliphatic heterocycles. The van der Waals surface area contributed by atoms with E-state index in [0.717, 1.165) is 94.9 Å². The van der Waals surface area contributed by atoms with E-state index in [1.807, 2.05) is 79.7 Å². The molecule has 0 saturated carbocycles. The lowest BCUT2D eigenvalue weighted by Gasteiger charge is -2.16. The number of carbonyl (C=O) groups excluding carboxylic acids is 2. The number of hydrogen-bond donors (Lipinski definition) is 6. The number of nitrogens with zero attached hydrogens (tertiary/aromatic N) is 7. The van der Waals surface area contributed by atoms with Gasteiger partial charge in [-0.3, -0.25) is 9.59 Å². The second kappa shape index (κ2) is 14.0. The largest absolute Gasteiger partial charge is 0.342 e. The summed E-state index contributed by atoms with van der Waals surface area (Å²) in [7, 11) is 0. The van der Waals surface area contributed by atoms with Gasteiger partial charge < -0.3 is 29.9 Å². The molecule has 14 rings (SSSR count). The molecule has 0 aliphatic carbocycles. The van der Waals surface area contributed by atoms with Crippen LogP contribution in [0.4, 0.5) is 5.69 Å². The van der Waals surface area contributed by atoms with Crippen molar-refractivity contribution < 1.29 is 9.59 Å².